The summed E-state index contributed by atoms with van der Waals surface area (Å²) in [5.74, 6) is -0.513. The topological polar surface area (TPSA) is 101 Å². The van der Waals surface area contributed by atoms with Crippen molar-refractivity contribution >= 4 is 44.3 Å². The van der Waals surface area contributed by atoms with Crippen LogP contribution in [0.3, 0.4) is 0 Å². The van der Waals surface area contributed by atoms with Gasteiger partial charge in [0, 0.05) is 16.1 Å². The zero-order valence-electron chi connectivity index (χ0n) is 9.80. The zero-order chi connectivity index (χ0) is 13.8. The molecule has 1 amide bonds. The number of fused-ring (bicyclic) bond motifs is 1. The number of rotatable bonds is 3. The molecule has 7 heteroatoms. The van der Waals surface area contributed by atoms with Gasteiger partial charge in [-0.05, 0) is 28.1 Å². The first kappa shape index (κ1) is 13.3. The summed E-state index contributed by atoms with van der Waals surface area (Å²) in [5.41, 5.74) is 6.54. The average Bonchev–Trinajstić information content (AvgIpc) is 2.38. The number of aromatic nitrogens is 1. The van der Waals surface area contributed by atoms with Gasteiger partial charge in [-0.2, -0.15) is 0 Å². The number of oxime groups is 1. The van der Waals surface area contributed by atoms with Crippen molar-refractivity contribution in [3.63, 3.8) is 0 Å². The van der Waals surface area contributed by atoms with Crippen molar-refractivity contribution in [1.82, 2.24) is 4.98 Å². The molecular weight excluding hydrogens is 312 g/mol. The number of amides is 1. The number of nitrogens with one attached hydrogen (secondary N) is 1. The molecule has 4 N–H and O–H groups in total. The van der Waals surface area contributed by atoms with Crippen molar-refractivity contribution in [2.45, 2.75) is 6.42 Å². The molecule has 0 atom stereocenters. The molecule has 1 heterocycles. The Kier molecular flexibility index (Phi) is 3.96. The summed E-state index contributed by atoms with van der Waals surface area (Å²) in [6, 6.07) is 7.36. The number of halogens is 1. The minimum Gasteiger partial charge on any atom is -0.409 e. The number of amidine groups is 1. The van der Waals surface area contributed by atoms with Crippen LogP contribution in [0.1, 0.15) is 6.42 Å². The molecule has 0 unspecified atom stereocenters. The summed E-state index contributed by atoms with van der Waals surface area (Å²) >= 11 is 3.34. The Morgan fingerprint density at radius 2 is 2.32 bits per heavy atom. The molecule has 19 heavy (non-hydrogen) atoms. The predicted octanol–water partition coefficient (Wildman–Crippen LogP) is 2.07. The minimum absolute atomic E-state index is 0.145. The van der Waals surface area contributed by atoms with Gasteiger partial charge in [-0.15, -0.1) is 0 Å². The van der Waals surface area contributed by atoms with Crippen molar-refractivity contribution < 1.29 is 10.0 Å². The molecule has 98 valence electrons. The van der Waals surface area contributed by atoms with Crippen molar-refractivity contribution in [3.8, 4) is 0 Å². The maximum absolute atomic E-state index is 11.7. The van der Waals surface area contributed by atoms with Gasteiger partial charge < -0.3 is 16.3 Å². The minimum atomic E-state index is -0.368. The fourth-order valence-corrected chi connectivity index (χ4v) is 1.98. The Hall–Kier alpha value is -2.15. The predicted molar refractivity (Wildman–Crippen MR) is 76.1 cm³/mol. The first-order chi connectivity index (χ1) is 9.10. The van der Waals surface area contributed by atoms with Crippen LogP contribution in [0.15, 0.2) is 40.1 Å². The highest BCUT2D eigenvalue weighted by atomic mass is 79.9. The molecule has 0 aliphatic carbocycles. The van der Waals surface area contributed by atoms with Crippen LogP contribution >= 0.6 is 15.9 Å². The Labute approximate surface area is 117 Å². The normalized spacial score (nSPS) is 11.5. The maximum Gasteiger partial charge on any atom is 0.232 e. The third kappa shape index (κ3) is 3.19. The monoisotopic (exact) mass is 322 g/mol. The van der Waals surface area contributed by atoms with Gasteiger partial charge >= 0.3 is 0 Å². The molecule has 1 aromatic heterocycles. The van der Waals surface area contributed by atoms with Crippen LogP contribution in [-0.4, -0.2) is 21.9 Å². The average molecular weight is 323 g/mol. The van der Waals surface area contributed by atoms with Crippen LogP contribution in [0.25, 0.3) is 10.9 Å². The Morgan fingerprint density at radius 1 is 1.53 bits per heavy atom. The summed E-state index contributed by atoms with van der Waals surface area (Å²) in [4.78, 5) is 15.9. The number of hydrogen-bond donors (Lipinski definition) is 3. The van der Waals surface area contributed by atoms with Gasteiger partial charge in [0.15, 0.2) is 0 Å². The van der Waals surface area contributed by atoms with Crippen molar-refractivity contribution in [1.29, 1.82) is 0 Å². The second-order valence-electron chi connectivity index (χ2n) is 3.85. The number of hydrogen-bond acceptors (Lipinski definition) is 4. The zero-order valence-corrected chi connectivity index (χ0v) is 11.4. The Bertz CT molecular complexity index is 657. The molecule has 2 aromatic rings. The van der Waals surface area contributed by atoms with Gasteiger partial charge in [-0.25, -0.2) is 0 Å². The number of nitrogens with zero attached hydrogens (tertiary/aromatic N) is 2. The van der Waals surface area contributed by atoms with E-state index in [-0.39, 0.29) is 18.2 Å². The Balaban J connectivity index is 2.28. The number of pyridine rings is 1. The smallest absolute Gasteiger partial charge is 0.232 e. The quantitative estimate of drug-likeness (QED) is 0.348. The molecule has 1 aromatic carbocycles. The molecule has 0 saturated heterocycles. The number of carbonyl (C=O) groups excluding carboxylic acids is 1. The van der Waals surface area contributed by atoms with E-state index in [9.17, 15) is 4.79 Å². The van der Waals surface area contributed by atoms with E-state index in [1.807, 2.05) is 18.2 Å². The first-order valence-corrected chi connectivity index (χ1v) is 6.20. The number of anilines is 1. The summed E-state index contributed by atoms with van der Waals surface area (Å²) in [7, 11) is 0. The first-order valence-electron chi connectivity index (χ1n) is 5.40. The van der Waals surface area contributed by atoms with Gasteiger partial charge in [-0.3, -0.25) is 9.78 Å². The number of benzene rings is 1. The van der Waals surface area contributed by atoms with Crippen LogP contribution in [0.2, 0.25) is 0 Å². The van der Waals surface area contributed by atoms with Crippen LogP contribution in [-0.2, 0) is 4.79 Å². The van der Waals surface area contributed by atoms with Crippen molar-refractivity contribution in [2.24, 2.45) is 10.9 Å². The molecule has 0 radical (unpaired) electrons. The van der Waals surface area contributed by atoms with Gasteiger partial charge in [0.25, 0.3) is 0 Å². The van der Waals surface area contributed by atoms with E-state index in [0.29, 0.717) is 11.2 Å². The molecule has 0 aliphatic rings. The largest absolute Gasteiger partial charge is 0.409 e. The third-order valence-corrected chi connectivity index (χ3v) is 2.86. The lowest BCUT2D eigenvalue weighted by molar-refractivity contribution is -0.115. The van der Waals surface area contributed by atoms with E-state index in [1.54, 1.807) is 12.3 Å². The van der Waals surface area contributed by atoms with Gasteiger partial charge in [0.1, 0.15) is 5.84 Å². The van der Waals surface area contributed by atoms with Gasteiger partial charge in [-0.1, -0.05) is 17.3 Å². The van der Waals surface area contributed by atoms with E-state index in [2.05, 4.69) is 31.4 Å². The van der Waals surface area contributed by atoms with Crippen LogP contribution in [0.5, 0.6) is 0 Å². The fraction of sp³-hybridized carbons (Fsp3) is 0.0833. The Morgan fingerprint density at radius 3 is 3.05 bits per heavy atom. The van der Waals surface area contributed by atoms with Crippen LogP contribution < -0.4 is 11.1 Å². The molecular formula is C12H11BrN4O2. The van der Waals surface area contributed by atoms with Crippen LogP contribution in [0, 0.1) is 0 Å². The number of carbonyl (C=O) groups is 1. The van der Waals surface area contributed by atoms with E-state index in [1.165, 1.54) is 0 Å². The van der Waals surface area contributed by atoms with Crippen molar-refractivity contribution in [3.05, 3.63) is 34.9 Å². The van der Waals surface area contributed by atoms with E-state index in [4.69, 9.17) is 10.9 Å². The molecule has 0 fully saturated rings. The van der Waals surface area contributed by atoms with Crippen LogP contribution in [0.4, 0.5) is 5.69 Å². The number of nitrogens with two attached hydrogens (primary N) is 1. The highest BCUT2D eigenvalue weighted by Crippen LogP contribution is 2.23. The summed E-state index contributed by atoms with van der Waals surface area (Å²) in [6.45, 7) is 0. The summed E-state index contributed by atoms with van der Waals surface area (Å²) in [6.07, 6.45) is 1.48. The molecule has 0 aliphatic heterocycles. The highest BCUT2D eigenvalue weighted by Gasteiger charge is 2.08. The SMILES string of the molecule is N/C(CC(=O)Nc1cccc2cc(Br)cnc12)=N/O. The van der Waals surface area contributed by atoms with Gasteiger partial charge in [0.2, 0.25) is 5.91 Å². The lowest BCUT2D eigenvalue weighted by atomic mass is 10.2. The van der Waals surface area contributed by atoms with Gasteiger partial charge in [0.05, 0.1) is 17.6 Å². The fourth-order valence-electron chi connectivity index (χ4n) is 1.63. The van der Waals surface area contributed by atoms with E-state index in [0.717, 1.165) is 9.86 Å². The molecule has 0 saturated carbocycles. The summed E-state index contributed by atoms with van der Waals surface area (Å²) < 4.78 is 0.861. The van der Waals surface area contributed by atoms with E-state index >= 15 is 0 Å². The molecule has 6 nitrogen and oxygen atoms in total. The maximum atomic E-state index is 11.7. The second kappa shape index (κ2) is 5.66. The lowest BCUT2D eigenvalue weighted by Gasteiger charge is -2.07. The molecule has 0 bridgehead atoms. The lowest BCUT2D eigenvalue weighted by Crippen LogP contribution is -2.22. The van der Waals surface area contributed by atoms with Crippen molar-refractivity contribution in [2.75, 3.05) is 5.32 Å². The third-order valence-electron chi connectivity index (χ3n) is 2.42. The van der Waals surface area contributed by atoms with E-state index < -0.39 is 0 Å². The highest BCUT2D eigenvalue weighted by molar-refractivity contribution is 9.10. The summed E-state index contributed by atoms with van der Waals surface area (Å²) in [5, 5.41) is 14.8. The number of para-hydroxylation sites is 1. The second-order valence-corrected chi connectivity index (χ2v) is 4.76. The molecule has 2 rings (SSSR count). The molecule has 0 spiro atoms. The standard InChI is InChI=1S/C12H11BrN4O2/c13-8-4-7-2-1-3-9(12(7)15-6-8)16-11(18)5-10(14)17-19/h1-4,6,19H,5H2,(H2,14,17)(H,16,18).